The summed E-state index contributed by atoms with van der Waals surface area (Å²) in [5.41, 5.74) is 7.40. The van der Waals surface area contributed by atoms with Gasteiger partial charge in [0.05, 0.1) is 23.6 Å². The minimum Gasteiger partial charge on any atom is -0.311 e. The Morgan fingerprint density at radius 2 is 1.36 bits per heavy atom. The molecule has 0 amide bonds. The third-order valence-corrected chi connectivity index (χ3v) is 9.79. The zero-order valence-electron chi connectivity index (χ0n) is 25.0. The second kappa shape index (κ2) is 12.2. The van der Waals surface area contributed by atoms with Crippen molar-refractivity contribution in [1.82, 2.24) is 29.7 Å². The molecular formula is C37H34Cl2N6. The third-order valence-electron chi connectivity index (χ3n) is 9.28. The fourth-order valence-corrected chi connectivity index (χ4v) is 7.37. The number of hydrogen-bond donors (Lipinski definition) is 1. The Hall–Kier alpha value is -3.78. The summed E-state index contributed by atoms with van der Waals surface area (Å²) in [7, 11) is 0. The predicted octanol–water partition coefficient (Wildman–Crippen LogP) is 7.43. The lowest BCUT2D eigenvalue weighted by molar-refractivity contribution is 0.103. The maximum atomic E-state index is 6.25. The summed E-state index contributed by atoms with van der Waals surface area (Å²) in [5.74, 6) is 1.83. The van der Waals surface area contributed by atoms with Gasteiger partial charge in [0.15, 0.2) is 0 Å². The first kappa shape index (κ1) is 28.7. The van der Waals surface area contributed by atoms with Crippen molar-refractivity contribution in [3.63, 3.8) is 0 Å². The number of hydrogen-bond acceptors (Lipinski definition) is 5. The topological polar surface area (TPSA) is 49.2 Å². The maximum Gasteiger partial charge on any atom is 0.149 e. The first-order valence-electron chi connectivity index (χ1n) is 15.7. The van der Waals surface area contributed by atoms with Crippen molar-refractivity contribution in [1.29, 1.82) is 0 Å². The van der Waals surface area contributed by atoms with Crippen LogP contribution in [0.5, 0.6) is 0 Å². The number of fused-ring (bicyclic) bond motifs is 4. The molecule has 0 aliphatic carbocycles. The van der Waals surface area contributed by atoms with Gasteiger partial charge in [0, 0.05) is 59.2 Å². The molecule has 6 nitrogen and oxygen atoms in total. The number of rotatable bonds is 6. The fourth-order valence-electron chi connectivity index (χ4n) is 7.12. The van der Waals surface area contributed by atoms with Crippen LogP contribution in [0, 0.1) is 0 Å². The summed E-state index contributed by atoms with van der Waals surface area (Å²) in [6, 6.07) is 33.8. The number of benzene rings is 4. The van der Waals surface area contributed by atoms with Crippen LogP contribution in [0.1, 0.15) is 34.3 Å². The van der Waals surface area contributed by atoms with Crippen molar-refractivity contribution < 1.29 is 0 Å². The molecule has 6 aromatic rings. The molecule has 4 aromatic carbocycles. The Kier molecular flexibility index (Phi) is 7.77. The summed E-state index contributed by atoms with van der Waals surface area (Å²) < 4.78 is 2.38. The normalized spacial score (nSPS) is 16.1. The molecule has 1 saturated heterocycles. The average Bonchev–Trinajstić information content (AvgIpc) is 3.41. The van der Waals surface area contributed by atoms with E-state index in [0.717, 1.165) is 78.3 Å². The van der Waals surface area contributed by atoms with Gasteiger partial charge in [-0.2, -0.15) is 0 Å². The monoisotopic (exact) mass is 632 g/mol. The number of para-hydroxylation sites is 2. The van der Waals surface area contributed by atoms with Gasteiger partial charge < -0.3 is 5.32 Å². The van der Waals surface area contributed by atoms with Crippen molar-refractivity contribution >= 4 is 45.0 Å². The van der Waals surface area contributed by atoms with Crippen LogP contribution in [0.25, 0.3) is 27.6 Å². The highest BCUT2D eigenvalue weighted by molar-refractivity contribution is 6.30. The molecule has 45 heavy (non-hydrogen) atoms. The van der Waals surface area contributed by atoms with Crippen LogP contribution in [0.15, 0.2) is 97.1 Å². The van der Waals surface area contributed by atoms with Crippen LogP contribution in [-0.2, 0) is 19.5 Å². The maximum absolute atomic E-state index is 6.25. The Morgan fingerprint density at radius 3 is 2.07 bits per heavy atom. The van der Waals surface area contributed by atoms with Gasteiger partial charge in [-0.25, -0.2) is 9.97 Å². The second-order valence-corrected chi connectivity index (χ2v) is 12.9. The van der Waals surface area contributed by atoms with E-state index >= 15 is 0 Å². The molecule has 0 spiro atoms. The highest BCUT2D eigenvalue weighted by Crippen LogP contribution is 2.34. The van der Waals surface area contributed by atoms with Crippen LogP contribution in [0.3, 0.4) is 0 Å². The molecule has 4 heterocycles. The largest absolute Gasteiger partial charge is 0.311 e. The highest BCUT2D eigenvalue weighted by Gasteiger charge is 2.28. The van der Waals surface area contributed by atoms with E-state index in [1.54, 1.807) is 0 Å². The Morgan fingerprint density at radius 1 is 0.711 bits per heavy atom. The highest BCUT2D eigenvalue weighted by atomic mass is 35.5. The van der Waals surface area contributed by atoms with E-state index in [1.807, 2.05) is 24.3 Å². The van der Waals surface area contributed by atoms with Gasteiger partial charge in [-0.3, -0.25) is 14.4 Å². The molecule has 8 rings (SSSR count). The summed E-state index contributed by atoms with van der Waals surface area (Å²) in [6.07, 6.45) is 1.02. The molecule has 0 saturated carbocycles. The van der Waals surface area contributed by atoms with Crippen LogP contribution >= 0.6 is 23.2 Å². The van der Waals surface area contributed by atoms with Gasteiger partial charge in [-0.05, 0) is 72.1 Å². The van der Waals surface area contributed by atoms with E-state index in [-0.39, 0.29) is 6.04 Å². The molecule has 2 aromatic heterocycles. The number of piperazine rings is 1. The SMILES string of the molecule is Clc1ccc(C(c2ccc(Cl)cc2)N2CCN(Cc3nc(-n4c5c(c6ccccc64)CCNC5)c4ccccc4n3)CC2)cc1. The van der Waals surface area contributed by atoms with Gasteiger partial charge in [-0.15, -0.1) is 0 Å². The number of aromatic nitrogens is 3. The quantitative estimate of drug-likeness (QED) is 0.207. The lowest BCUT2D eigenvalue weighted by Crippen LogP contribution is -2.47. The standard InChI is InChI=1S/C37H34Cl2N6/c38-27-13-9-25(10-14-27)36(26-11-15-28(39)16-12-26)44-21-19-43(20-22-44)24-35-41-32-7-3-1-6-31(32)37(42-35)45-33-8-4-2-5-29(33)30-17-18-40-23-34(30)45/h1-16,36,40H,17-24H2. The fraction of sp³-hybridized carbons (Fsp3) is 0.243. The van der Waals surface area contributed by atoms with Crippen LogP contribution < -0.4 is 5.32 Å². The number of nitrogens with one attached hydrogen (secondary N) is 1. The number of halogens is 2. The molecule has 226 valence electrons. The van der Waals surface area contributed by atoms with E-state index in [0.29, 0.717) is 6.54 Å². The van der Waals surface area contributed by atoms with Crippen LogP contribution in [0.2, 0.25) is 10.0 Å². The zero-order chi connectivity index (χ0) is 30.3. The molecule has 2 aliphatic heterocycles. The van der Waals surface area contributed by atoms with Crippen molar-refractivity contribution in [3.8, 4) is 5.82 Å². The number of nitrogens with zero attached hydrogens (tertiary/aromatic N) is 5. The Balaban J connectivity index is 1.09. The van der Waals surface area contributed by atoms with Gasteiger partial charge in [0.2, 0.25) is 0 Å². The lowest BCUT2D eigenvalue weighted by atomic mass is 9.96. The van der Waals surface area contributed by atoms with Gasteiger partial charge in [0.25, 0.3) is 0 Å². The Bertz CT molecular complexity index is 1930. The first-order chi connectivity index (χ1) is 22.1. The predicted molar refractivity (Wildman–Crippen MR) is 183 cm³/mol. The third kappa shape index (κ3) is 5.51. The average molecular weight is 634 g/mol. The van der Waals surface area contributed by atoms with Gasteiger partial charge in [-0.1, -0.05) is 77.8 Å². The smallest absolute Gasteiger partial charge is 0.149 e. The van der Waals surface area contributed by atoms with Crippen LogP contribution in [0.4, 0.5) is 0 Å². The van der Waals surface area contributed by atoms with Crippen molar-refractivity contribution in [3.05, 3.63) is 135 Å². The summed E-state index contributed by atoms with van der Waals surface area (Å²) in [4.78, 5) is 15.4. The van der Waals surface area contributed by atoms with Crippen LogP contribution in [-0.4, -0.2) is 57.1 Å². The summed E-state index contributed by atoms with van der Waals surface area (Å²) in [5, 5.41) is 7.49. The first-order valence-corrected chi connectivity index (χ1v) is 16.4. The molecular weight excluding hydrogens is 599 g/mol. The molecule has 0 atom stereocenters. The molecule has 2 aliphatic rings. The van der Waals surface area contributed by atoms with E-state index in [2.05, 4.69) is 92.5 Å². The van der Waals surface area contributed by atoms with Gasteiger partial charge >= 0.3 is 0 Å². The van der Waals surface area contributed by atoms with Crippen molar-refractivity contribution in [2.45, 2.75) is 25.6 Å². The summed E-state index contributed by atoms with van der Waals surface area (Å²) >= 11 is 12.5. The van der Waals surface area contributed by atoms with Crippen molar-refractivity contribution in [2.24, 2.45) is 0 Å². The molecule has 0 radical (unpaired) electrons. The zero-order valence-corrected chi connectivity index (χ0v) is 26.5. The summed E-state index contributed by atoms with van der Waals surface area (Å²) in [6.45, 7) is 6.25. The minimum absolute atomic E-state index is 0.131. The Labute approximate surface area is 273 Å². The molecule has 0 bridgehead atoms. The van der Waals surface area contributed by atoms with E-state index in [1.165, 1.54) is 33.3 Å². The molecule has 8 heteroatoms. The van der Waals surface area contributed by atoms with E-state index in [9.17, 15) is 0 Å². The van der Waals surface area contributed by atoms with Crippen molar-refractivity contribution in [2.75, 3.05) is 32.7 Å². The molecule has 1 N–H and O–H groups in total. The lowest BCUT2D eigenvalue weighted by Gasteiger charge is -2.39. The minimum atomic E-state index is 0.131. The second-order valence-electron chi connectivity index (χ2n) is 12.0. The van der Waals surface area contributed by atoms with E-state index < -0.39 is 0 Å². The molecule has 0 unspecified atom stereocenters. The molecule has 1 fully saturated rings. The van der Waals surface area contributed by atoms with E-state index in [4.69, 9.17) is 33.2 Å². The van der Waals surface area contributed by atoms with Gasteiger partial charge in [0.1, 0.15) is 11.6 Å².